The fourth-order valence-electron chi connectivity index (χ4n) is 1.05. The predicted octanol–water partition coefficient (Wildman–Crippen LogP) is 3.63. The minimum Gasteiger partial charge on any atom is -0.591 e. The van der Waals surface area contributed by atoms with Crippen molar-refractivity contribution in [2.75, 3.05) is 0 Å². The molecular weight excluding hydrogens is 305 g/mol. The van der Waals surface area contributed by atoms with Crippen molar-refractivity contribution in [3.8, 4) is 0 Å². The summed E-state index contributed by atoms with van der Waals surface area (Å²) in [7, 11) is 0. The van der Waals surface area contributed by atoms with Crippen molar-refractivity contribution < 1.29 is 8.94 Å². The number of hydrogen-bond donors (Lipinski definition) is 0. The topological polar surface area (TPSA) is 35.4 Å². The molecule has 0 heterocycles. The predicted molar refractivity (Wildman–Crippen MR) is 74.7 cm³/mol. The first-order valence-corrected chi connectivity index (χ1v) is 7.19. The van der Waals surface area contributed by atoms with Gasteiger partial charge >= 0.3 is 0 Å². The fraction of sp³-hybridized carbons (Fsp3) is 0.417. The van der Waals surface area contributed by atoms with E-state index in [1.165, 1.54) is 0 Å². The minimum absolute atomic E-state index is 0.166. The second-order valence-corrected chi connectivity index (χ2v) is 7.21. The van der Waals surface area contributed by atoms with Crippen molar-refractivity contribution in [3.63, 3.8) is 0 Å². The van der Waals surface area contributed by atoms with Crippen molar-refractivity contribution in [2.24, 2.45) is 4.40 Å². The van der Waals surface area contributed by atoms with Gasteiger partial charge in [0, 0.05) is 5.56 Å². The van der Waals surface area contributed by atoms with E-state index >= 15 is 0 Å². The maximum atomic E-state index is 13.5. The first-order valence-electron chi connectivity index (χ1n) is 5.16. The molecule has 0 aliphatic carbocycles. The molecule has 0 aromatic heterocycles. The second kappa shape index (κ2) is 5.98. The lowest BCUT2D eigenvalue weighted by atomic mass is 10.1. The molecule has 0 amide bonds. The number of benzene rings is 1. The van der Waals surface area contributed by atoms with E-state index in [2.05, 4.69) is 20.3 Å². The maximum Gasteiger partial charge on any atom is 0.201 e. The molecule has 17 heavy (non-hydrogen) atoms. The monoisotopic (exact) mass is 319 g/mol. The molecule has 0 aliphatic heterocycles. The zero-order chi connectivity index (χ0) is 13.1. The average molecular weight is 320 g/mol. The van der Waals surface area contributed by atoms with Gasteiger partial charge in [0.15, 0.2) is 0 Å². The van der Waals surface area contributed by atoms with Crippen LogP contribution in [0.1, 0.15) is 26.3 Å². The van der Waals surface area contributed by atoms with E-state index in [-0.39, 0.29) is 5.71 Å². The van der Waals surface area contributed by atoms with Gasteiger partial charge < -0.3 is 4.55 Å². The average Bonchev–Trinajstić information content (AvgIpc) is 2.25. The first-order chi connectivity index (χ1) is 7.82. The van der Waals surface area contributed by atoms with Crippen molar-refractivity contribution >= 4 is 33.0 Å². The minimum atomic E-state index is -1.47. The number of nitrogens with zero attached hydrogens (tertiary/aromatic N) is 1. The Labute approximate surface area is 113 Å². The van der Waals surface area contributed by atoms with Gasteiger partial charge in [-0.05, 0) is 36.7 Å². The van der Waals surface area contributed by atoms with Gasteiger partial charge in [0.25, 0.3) is 0 Å². The zero-order valence-corrected chi connectivity index (χ0v) is 12.4. The summed E-state index contributed by atoms with van der Waals surface area (Å²) in [6, 6.07) is 8.91. The molecule has 1 rings (SSSR count). The fourth-order valence-corrected chi connectivity index (χ4v) is 2.21. The van der Waals surface area contributed by atoms with Gasteiger partial charge in [-0.25, -0.2) is 4.39 Å². The van der Waals surface area contributed by atoms with E-state index in [1.54, 1.807) is 45.0 Å². The van der Waals surface area contributed by atoms with Crippen LogP contribution in [0.4, 0.5) is 4.39 Å². The van der Waals surface area contributed by atoms with E-state index in [4.69, 9.17) is 0 Å². The second-order valence-electron chi connectivity index (χ2n) is 4.50. The molecule has 1 aromatic rings. The Morgan fingerprint density at radius 2 is 1.88 bits per heavy atom. The molecule has 1 aromatic carbocycles. The molecule has 2 unspecified atom stereocenters. The molecule has 2 nitrogen and oxygen atoms in total. The van der Waals surface area contributed by atoms with Crippen LogP contribution in [0.5, 0.6) is 0 Å². The SMILES string of the molecule is CC(C)(C)[S+]([O-])N=C(c1ccccc1)C(F)Br. The largest absolute Gasteiger partial charge is 0.591 e. The van der Waals surface area contributed by atoms with Gasteiger partial charge in [-0.3, -0.25) is 0 Å². The summed E-state index contributed by atoms with van der Waals surface area (Å²) in [6.45, 7) is 5.41. The highest BCUT2D eigenvalue weighted by Gasteiger charge is 2.29. The summed E-state index contributed by atoms with van der Waals surface area (Å²) >= 11 is 1.37. The molecule has 0 spiro atoms. The van der Waals surface area contributed by atoms with Gasteiger partial charge in [-0.2, -0.15) is 0 Å². The van der Waals surface area contributed by atoms with Gasteiger partial charge in [0.1, 0.15) is 21.8 Å². The summed E-state index contributed by atoms with van der Waals surface area (Å²) in [5, 5.41) is -1.42. The molecule has 0 saturated carbocycles. The van der Waals surface area contributed by atoms with E-state index in [1.807, 2.05) is 6.07 Å². The Bertz CT molecular complexity index is 389. The van der Waals surface area contributed by atoms with Gasteiger partial charge in [-0.1, -0.05) is 34.7 Å². The quantitative estimate of drug-likeness (QED) is 0.476. The zero-order valence-electron chi connectivity index (χ0n) is 9.98. The third-order valence-corrected chi connectivity index (χ3v) is 3.83. The van der Waals surface area contributed by atoms with E-state index < -0.39 is 21.2 Å². The molecule has 0 radical (unpaired) electrons. The van der Waals surface area contributed by atoms with Crippen LogP contribution in [0.15, 0.2) is 34.7 Å². The van der Waals surface area contributed by atoms with Crippen LogP contribution >= 0.6 is 15.9 Å². The molecule has 0 N–H and O–H groups in total. The molecular formula is C12H15BrFNOS. The summed E-state index contributed by atoms with van der Waals surface area (Å²) < 4.78 is 28.8. The summed E-state index contributed by atoms with van der Waals surface area (Å²) in [5.41, 5.74) is 0.799. The van der Waals surface area contributed by atoms with Crippen LogP contribution in [0.2, 0.25) is 0 Å². The Morgan fingerprint density at radius 1 is 1.35 bits per heavy atom. The highest BCUT2D eigenvalue weighted by atomic mass is 79.9. The lowest BCUT2D eigenvalue weighted by Gasteiger charge is -2.19. The van der Waals surface area contributed by atoms with Crippen molar-refractivity contribution in [1.29, 1.82) is 0 Å². The molecule has 0 fully saturated rings. The Kier molecular flexibility index (Phi) is 5.16. The van der Waals surface area contributed by atoms with Crippen LogP contribution in [0.25, 0.3) is 0 Å². The van der Waals surface area contributed by atoms with Crippen LogP contribution in [-0.2, 0) is 11.4 Å². The Balaban J connectivity index is 3.07. The van der Waals surface area contributed by atoms with Gasteiger partial charge in [-0.15, -0.1) is 0 Å². The molecule has 2 atom stereocenters. The van der Waals surface area contributed by atoms with Crippen molar-refractivity contribution in [1.82, 2.24) is 0 Å². The van der Waals surface area contributed by atoms with Crippen molar-refractivity contribution in [2.45, 2.75) is 30.6 Å². The number of hydrogen-bond acceptors (Lipinski definition) is 2. The van der Waals surface area contributed by atoms with Crippen LogP contribution < -0.4 is 0 Å². The Morgan fingerprint density at radius 3 is 2.29 bits per heavy atom. The highest BCUT2D eigenvalue weighted by Crippen LogP contribution is 2.21. The normalized spacial score (nSPS) is 16.7. The van der Waals surface area contributed by atoms with Crippen LogP contribution in [0.3, 0.4) is 0 Å². The summed E-state index contributed by atoms with van der Waals surface area (Å²) in [6.07, 6.45) is 0. The van der Waals surface area contributed by atoms with E-state index in [9.17, 15) is 8.94 Å². The molecule has 5 heteroatoms. The number of alkyl halides is 2. The number of halogens is 2. The summed E-state index contributed by atoms with van der Waals surface area (Å²) in [4.78, 5) is 0. The number of rotatable bonds is 3. The van der Waals surface area contributed by atoms with Gasteiger partial charge in [0.2, 0.25) is 5.08 Å². The van der Waals surface area contributed by atoms with E-state index in [0.29, 0.717) is 5.56 Å². The van der Waals surface area contributed by atoms with Crippen LogP contribution in [0, 0.1) is 0 Å². The third-order valence-electron chi connectivity index (χ3n) is 1.98. The lowest BCUT2D eigenvalue weighted by Crippen LogP contribution is -2.28. The van der Waals surface area contributed by atoms with Crippen LogP contribution in [-0.4, -0.2) is 20.1 Å². The lowest BCUT2D eigenvalue weighted by molar-refractivity contribution is 0.546. The van der Waals surface area contributed by atoms with Crippen molar-refractivity contribution in [3.05, 3.63) is 35.9 Å². The smallest absolute Gasteiger partial charge is 0.201 e. The summed E-state index contributed by atoms with van der Waals surface area (Å²) in [5.74, 6) is 0. The third kappa shape index (κ3) is 4.41. The van der Waals surface area contributed by atoms with E-state index in [0.717, 1.165) is 0 Å². The molecule has 94 valence electrons. The molecule has 0 saturated heterocycles. The maximum absolute atomic E-state index is 13.5. The Hall–Kier alpha value is -0.390. The molecule has 0 aliphatic rings. The molecule has 0 bridgehead atoms. The van der Waals surface area contributed by atoms with Gasteiger partial charge in [0.05, 0.1) is 0 Å². The first kappa shape index (κ1) is 14.7. The highest BCUT2D eigenvalue weighted by molar-refractivity contribution is 9.09. The standard InChI is InChI=1S/C12H15BrFNOS/c1-12(2,3)17(16)15-10(11(13)14)9-7-5-4-6-8-9/h4-8,11H,1-3H3.